The SMILES string of the molecule is CC1(NC(=O)c2ccncc2-n2cnc(Cn3nc(-c4ccc(Cl)cc4)n(CC(O)C(F)(F)F)c3=O)n2)CC1. The second kappa shape index (κ2) is 9.93. The molecule has 1 amide bonds. The zero-order valence-corrected chi connectivity index (χ0v) is 21.2. The van der Waals surface area contributed by atoms with Crippen molar-refractivity contribution in [3.63, 3.8) is 0 Å². The molecule has 4 aromatic rings. The van der Waals surface area contributed by atoms with Crippen molar-refractivity contribution in [3.8, 4) is 17.1 Å². The second-order valence-electron chi connectivity index (χ2n) is 9.45. The Balaban J connectivity index is 1.45. The third-order valence-electron chi connectivity index (χ3n) is 6.30. The van der Waals surface area contributed by atoms with E-state index >= 15 is 0 Å². The van der Waals surface area contributed by atoms with E-state index in [2.05, 4.69) is 25.5 Å². The third kappa shape index (κ3) is 5.71. The van der Waals surface area contributed by atoms with E-state index in [1.165, 1.54) is 47.7 Å². The van der Waals surface area contributed by atoms with Gasteiger partial charge in [0.2, 0.25) is 0 Å². The van der Waals surface area contributed by atoms with E-state index in [1.807, 2.05) is 6.92 Å². The van der Waals surface area contributed by atoms with Crippen LogP contribution < -0.4 is 11.0 Å². The van der Waals surface area contributed by atoms with Crippen molar-refractivity contribution in [3.05, 3.63) is 75.9 Å². The Morgan fingerprint density at radius 1 is 1.21 bits per heavy atom. The lowest BCUT2D eigenvalue weighted by atomic mass is 10.2. The van der Waals surface area contributed by atoms with Crippen molar-refractivity contribution >= 4 is 17.5 Å². The molecule has 5 rings (SSSR count). The van der Waals surface area contributed by atoms with E-state index in [0.29, 0.717) is 21.8 Å². The normalized spacial score (nSPS) is 15.2. The molecule has 39 heavy (non-hydrogen) atoms. The fourth-order valence-electron chi connectivity index (χ4n) is 3.83. The van der Waals surface area contributed by atoms with Crippen molar-refractivity contribution in [2.45, 2.75) is 50.7 Å². The van der Waals surface area contributed by atoms with Crippen molar-refractivity contribution in [2.75, 3.05) is 0 Å². The van der Waals surface area contributed by atoms with E-state index < -0.39 is 24.5 Å². The van der Waals surface area contributed by atoms with Gasteiger partial charge in [0, 0.05) is 22.3 Å². The minimum Gasteiger partial charge on any atom is -0.382 e. The molecule has 0 bridgehead atoms. The average molecular weight is 563 g/mol. The minimum atomic E-state index is -4.94. The fraction of sp³-hybridized carbons (Fsp3) is 0.333. The highest BCUT2D eigenvalue weighted by Gasteiger charge is 2.40. The van der Waals surface area contributed by atoms with Crippen LogP contribution in [0.25, 0.3) is 17.1 Å². The highest BCUT2D eigenvalue weighted by atomic mass is 35.5. The van der Waals surface area contributed by atoms with Crippen LogP contribution in [0.5, 0.6) is 0 Å². The van der Waals surface area contributed by atoms with Gasteiger partial charge in [-0.2, -0.15) is 13.2 Å². The number of nitrogens with zero attached hydrogens (tertiary/aromatic N) is 7. The van der Waals surface area contributed by atoms with Crippen LogP contribution in [0.4, 0.5) is 13.2 Å². The van der Waals surface area contributed by atoms with Gasteiger partial charge in [-0.3, -0.25) is 14.3 Å². The Morgan fingerprint density at radius 3 is 2.59 bits per heavy atom. The molecule has 1 aliphatic rings. The van der Waals surface area contributed by atoms with Crippen LogP contribution in [0.15, 0.2) is 53.8 Å². The summed E-state index contributed by atoms with van der Waals surface area (Å²) in [5.41, 5.74) is -0.155. The maximum atomic E-state index is 13.1. The number of alkyl halides is 3. The fourth-order valence-corrected chi connectivity index (χ4v) is 3.96. The van der Waals surface area contributed by atoms with Gasteiger partial charge in [-0.1, -0.05) is 11.6 Å². The summed E-state index contributed by atoms with van der Waals surface area (Å²) < 4.78 is 42.2. The van der Waals surface area contributed by atoms with Crippen LogP contribution in [0.3, 0.4) is 0 Å². The first-order valence-corrected chi connectivity index (χ1v) is 12.2. The largest absolute Gasteiger partial charge is 0.416 e. The van der Waals surface area contributed by atoms with Crippen LogP contribution in [0.1, 0.15) is 35.9 Å². The number of carbonyl (C=O) groups is 1. The molecule has 1 saturated carbocycles. The first kappa shape index (κ1) is 26.6. The Morgan fingerprint density at radius 2 is 1.92 bits per heavy atom. The van der Waals surface area contributed by atoms with Crippen LogP contribution in [-0.2, 0) is 13.1 Å². The summed E-state index contributed by atoms with van der Waals surface area (Å²) in [5.74, 6) is -0.292. The molecule has 1 unspecified atom stereocenters. The number of rotatable bonds is 8. The van der Waals surface area contributed by atoms with Gasteiger partial charge in [-0.15, -0.1) is 10.2 Å². The molecular weight excluding hydrogens is 541 g/mol. The molecule has 1 aromatic carbocycles. The van der Waals surface area contributed by atoms with Crippen LogP contribution >= 0.6 is 11.6 Å². The molecule has 0 radical (unpaired) electrons. The summed E-state index contributed by atoms with van der Waals surface area (Å²) in [7, 11) is 0. The number of aliphatic hydroxyl groups excluding tert-OH is 1. The van der Waals surface area contributed by atoms with Crippen molar-refractivity contribution in [1.29, 1.82) is 0 Å². The Bertz CT molecular complexity index is 1570. The van der Waals surface area contributed by atoms with E-state index in [0.717, 1.165) is 22.1 Å². The smallest absolute Gasteiger partial charge is 0.382 e. The van der Waals surface area contributed by atoms with Crippen LogP contribution in [0.2, 0.25) is 5.02 Å². The minimum absolute atomic E-state index is 0.0980. The van der Waals surface area contributed by atoms with Gasteiger partial charge in [-0.25, -0.2) is 19.1 Å². The van der Waals surface area contributed by atoms with Gasteiger partial charge in [0.05, 0.1) is 24.0 Å². The standard InChI is InChI=1S/C24H22ClF3N8O3/c1-23(7-8-23)31-21(38)16-6-9-29-10-17(16)36-13-30-19(32-36)12-35-22(39)34(11-18(37)24(26,27)28)20(33-35)14-2-4-15(25)5-3-14/h2-6,9-10,13,18,37H,7-8,11-12H2,1H3,(H,31,38). The zero-order valence-electron chi connectivity index (χ0n) is 20.4. The summed E-state index contributed by atoms with van der Waals surface area (Å²) in [5, 5.41) is 21.5. The maximum absolute atomic E-state index is 13.1. The van der Waals surface area contributed by atoms with E-state index in [9.17, 15) is 27.9 Å². The molecular formula is C24H22ClF3N8O3. The molecule has 0 spiro atoms. The number of benzene rings is 1. The summed E-state index contributed by atoms with van der Waals surface area (Å²) in [6, 6.07) is 7.54. The first-order valence-electron chi connectivity index (χ1n) is 11.8. The predicted octanol–water partition coefficient (Wildman–Crippen LogP) is 2.59. The number of hydrogen-bond donors (Lipinski definition) is 2. The number of halogens is 4. The average Bonchev–Trinajstić information content (AvgIpc) is 3.29. The van der Waals surface area contributed by atoms with Gasteiger partial charge in [0.25, 0.3) is 5.91 Å². The number of amides is 1. The number of nitrogens with one attached hydrogen (secondary N) is 1. The zero-order chi connectivity index (χ0) is 27.9. The lowest BCUT2D eigenvalue weighted by Gasteiger charge is -2.15. The number of hydrogen-bond acceptors (Lipinski definition) is 7. The molecule has 2 N–H and O–H groups in total. The number of pyridine rings is 1. The summed E-state index contributed by atoms with van der Waals surface area (Å²) in [6.07, 6.45) is -1.71. The molecule has 1 fully saturated rings. The monoisotopic (exact) mass is 562 g/mol. The lowest BCUT2D eigenvalue weighted by Crippen LogP contribution is -2.37. The predicted molar refractivity (Wildman–Crippen MR) is 132 cm³/mol. The third-order valence-corrected chi connectivity index (χ3v) is 6.55. The Hall–Kier alpha value is -4.04. The highest BCUT2D eigenvalue weighted by molar-refractivity contribution is 6.30. The lowest BCUT2D eigenvalue weighted by molar-refractivity contribution is -0.207. The Kier molecular flexibility index (Phi) is 6.76. The quantitative estimate of drug-likeness (QED) is 0.337. The molecule has 15 heteroatoms. The summed E-state index contributed by atoms with van der Waals surface area (Å²) in [4.78, 5) is 34.2. The molecule has 3 heterocycles. The number of aliphatic hydroxyl groups is 1. The van der Waals surface area contributed by atoms with Gasteiger partial charge >= 0.3 is 11.9 Å². The van der Waals surface area contributed by atoms with E-state index in [4.69, 9.17) is 11.6 Å². The molecule has 11 nitrogen and oxygen atoms in total. The van der Waals surface area contributed by atoms with Gasteiger partial charge in [-0.05, 0) is 50.1 Å². The van der Waals surface area contributed by atoms with Gasteiger partial charge in [0.15, 0.2) is 17.8 Å². The highest BCUT2D eigenvalue weighted by Crippen LogP contribution is 2.34. The molecule has 3 aromatic heterocycles. The van der Waals surface area contributed by atoms with Gasteiger partial charge < -0.3 is 10.4 Å². The summed E-state index contributed by atoms with van der Waals surface area (Å²) >= 11 is 5.91. The number of carbonyl (C=O) groups excluding carboxylic acids is 1. The first-order chi connectivity index (χ1) is 18.4. The van der Waals surface area contributed by atoms with Crippen molar-refractivity contribution in [1.82, 2.24) is 39.4 Å². The Labute approximate surface area is 223 Å². The van der Waals surface area contributed by atoms with Crippen LogP contribution in [0, 0.1) is 0 Å². The van der Waals surface area contributed by atoms with E-state index in [-0.39, 0.29) is 29.6 Å². The second-order valence-corrected chi connectivity index (χ2v) is 9.89. The molecule has 1 aliphatic carbocycles. The van der Waals surface area contributed by atoms with Crippen molar-refractivity contribution < 1.29 is 23.1 Å². The van der Waals surface area contributed by atoms with Crippen LogP contribution in [-0.4, -0.2) is 62.9 Å². The molecule has 0 saturated heterocycles. The molecule has 1 atom stereocenters. The molecule has 0 aliphatic heterocycles. The maximum Gasteiger partial charge on any atom is 0.416 e. The van der Waals surface area contributed by atoms with Gasteiger partial charge in [0.1, 0.15) is 12.9 Å². The summed E-state index contributed by atoms with van der Waals surface area (Å²) in [6.45, 7) is 0.596. The number of aromatic nitrogens is 7. The topological polar surface area (TPSA) is 133 Å². The van der Waals surface area contributed by atoms with Crippen molar-refractivity contribution in [2.24, 2.45) is 0 Å². The van der Waals surface area contributed by atoms with E-state index in [1.54, 1.807) is 6.07 Å². The molecule has 204 valence electrons.